The Morgan fingerprint density at radius 2 is 1.88 bits per heavy atom. The minimum Gasteiger partial charge on any atom is -0.268 e. The van der Waals surface area contributed by atoms with Crippen LogP contribution in [0.4, 0.5) is 0 Å². The van der Waals surface area contributed by atoms with E-state index in [4.69, 9.17) is 11.6 Å². The van der Waals surface area contributed by atoms with Crippen LogP contribution in [0.25, 0.3) is 0 Å². The van der Waals surface area contributed by atoms with E-state index >= 15 is 0 Å². The summed E-state index contributed by atoms with van der Waals surface area (Å²) in [5.74, 6) is 0. The molecule has 90 valence electrons. The number of hydrogen-bond acceptors (Lipinski definition) is 1. The number of rotatable bonds is 3. The maximum absolute atomic E-state index is 6.02. The Labute approximate surface area is 107 Å². The molecule has 2 aromatic rings. The van der Waals surface area contributed by atoms with Crippen molar-refractivity contribution in [3.63, 3.8) is 0 Å². The maximum atomic E-state index is 6.02. The fraction of sp³-hybridized carbons (Fsp3) is 0.357. The number of hydrogen-bond donors (Lipinski definition) is 0. The van der Waals surface area contributed by atoms with Crippen LogP contribution in [0, 0.1) is 13.8 Å². The van der Waals surface area contributed by atoms with Crippen LogP contribution in [0.1, 0.15) is 34.6 Å². The SMILES string of the molecule is Cc1cc(C)cc(Cn2cc(C(C)Cl)cn2)c1. The zero-order chi connectivity index (χ0) is 12.4. The van der Waals surface area contributed by atoms with Crippen LogP contribution in [0.3, 0.4) is 0 Å². The Balaban J connectivity index is 2.19. The van der Waals surface area contributed by atoms with Crippen molar-refractivity contribution in [3.05, 3.63) is 52.8 Å². The topological polar surface area (TPSA) is 17.8 Å². The van der Waals surface area contributed by atoms with Crippen molar-refractivity contribution < 1.29 is 0 Å². The summed E-state index contributed by atoms with van der Waals surface area (Å²) < 4.78 is 1.93. The van der Waals surface area contributed by atoms with Crippen LogP contribution < -0.4 is 0 Å². The average molecular weight is 249 g/mol. The lowest BCUT2D eigenvalue weighted by Gasteiger charge is -2.05. The minimum atomic E-state index is 0.0167. The van der Waals surface area contributed by atoms with Crippen LogP contribution in [0.2, 0.25) is 0 Å². The maximum Gasteiger partial charge on any atom is 0.0659 e. The van der Waals surface area contributed by atoms with E-state index in [2.05, 4.69) is 37.1 Å². The van der Waals surface area contributed by atoms with Gasteiger partial charge in [-0.2, -0.15) is 5.10 Å². The number of alkyl halides is 1. The molecule has 1 aromatic heterocycles. The lowest BCUT2D eigenvalue weighted by atomic mass is 10.1. The molecule has 0 N–H and O–H groups in total. The van der Waals surface area contributed by atoms with E-state index in [0.29, 0.717) is 0 Å². The van der Waals surface area contributed by atoms with Crippen LogP contribution >= 0.6 is 11.6 Å². The molecule has 0 aliphatic rings. The standard InChI is InChI=1S/C14H17ClN2/c1-10-4-11(2)6-13(5-10)8-17-9-14(7-16-17)12(3)15/h4-7,9,12H,8H2,1-3H3. The Kier molecular flexibility index (Phi) is 3.53. The van der Waals surface area contributed by atoms with E-state index in [0.717, 1.165) is 12.1 Å². The van der Waals surface area contributed by atoms with Gasteiger partial charge in [-0.15, -0.1) is 11.6 Å². The Morgan fingerprint density at radius 1 is 1.24 bits per heavy atom. The molecule has 2 rings (SSSR count). The van der Waals surface area contributed by atoms with E-state index in [1.165, 1.54) is 16.7 Å². The fourth-order valence-corrected chi connectivity index (χ4v) is 2.13. The molecular weight excluding hydrogens is 232 g/mol. The third kappa shape index (κ3) is 3.10. The summed E-state index contributed by atoms with van der Waals surface area (Å²) in [5.41, 5.74) is 4.92. The smallest absolute Gasteiger partial charge is 0.0659 e. The van der Waals surface area contributed by atoms with Gasteiger partial charge in [0.1, 0.15) is 0 Å². The molecule has 0 fully saturated rings. The van der Waals surface area contributed by atoms with Gasteiger partial charge in [-0.3, -0.25) is 4.68 Å². The number of aromatic nitrogens is 2. The molecule has 0 saturated heterocycles. The first-order valence-electron chi connectivity index (χ1n) is 5.78. The van der Waals surface area contributed by atoms with Gasteiger partial charge in [-0.1, -0.05) is 29.3 Å². The molecule has 1 heterocycles. The molecule has 0 radical (unpaired) electrons. The van der Waals surface area contributed by atoms with Crippen LogP contribution in [0.15, 0.2) is 30.6 Å². The highest BCUT2D eigenvalue weighted by Crippen LogP contribution is 2.18. The molecule has 17 heavy (non-hydrogen) atoms. The van der Waals surface area contributed by atoms with E-state index < -0.39 is 0 Å². The molecular formula is C14H17ClN2. The zero-order valence-electron chi connectivity index (χ0n) is 10.4. The van der Waals surface area contributed by atoms with Crippen molar-refractivity contribution in [2.45, 2.75) is 32.7 Å². The van der Waals surface area contributed by atoms with Gasteiger partial charge in [-0.25, -0.2) is 0 Å². The van der Waals surface area contributed by atoms with E-state index in [-0.39, 0.29) is 5.38 Å². The number of benzene rings is 1. The van der Waals surface area contributed by atoms with Crippen molar-refractivity contribution in [1.82, 2.24) is 9.78 Å². The third-order valence-electron chi connectivity index (χ3n) is 2.74. The second kappa shape index (κ2) is 4.92. The van der Waals surface area contributed by atoms with E-state index in [1.807, 2.05) is 24.0 Å². The molecule has 1 atom stereocenters. The van der Waals surface area contributed by atoms with Crippen molar-refractivity contribution >= 4 is 11.6 Å². The first-order chi connectivity index (χ1) is 8.04. The van der Waals surface area contributed by atoms with Crippen LogP contribution in [-0.4, -0.2) is 9.78 Å². The molecule has 2 nitrogen and oxygen atoms in total. The molecule has 0 spiro atoms. The third-order valence-corrected chi connectivity index (χ3v) is 2.99. The highest BCUT2D eigenvalue weighted by molar-refractivity contribution is 6.20. The van der Waals surface area contributed by atoms with Crippen molar-refractivity contribution in [2.75, 3.05) is 0 Å². The molecule has 0 aliphatic heterocycles. The molecule has 0 bridgehead atoms. The molecule has 1 unspecified atom stereocenters. The highest BCUT2D eigenvalue weighted by atomic mass is 35.5. The van der Waals surface area contributed by atoms with Gasteiger partial charge < -0.3 is 0 Å². The molecule has 3 heteroatoms. The summed E-state index contributed by atoms with van der Waals surface area (Å²) in [7, 11) is 0. The predicted molar refractivity (Wildman–Crippen MR) is 71.5 cm³/mol. The first kappa shape index (κ1) is 12.2. The Morgan fingerprint density at radius 3 is 2.41 bits per heavy atom. The van der Waals surface area contributed by atoms with Gasteiger partial charge in [0, 0.05) is 11.8 Å². The highest BCUT2D eigenvalue weighted by Gasteiger charge is 2.05. The summed E-state index contributed by atoms with van der Waals surface area (Å²) in [5, 5.41) is 4.34. The van der Waals surface area contributed by atoms with E-state index in [9.17, 15) is 0 Å². The Bertz CT molecular complexity index is 494. The van der Waals surface area contributed by atoms with Crippen molar-refractivity contribution in [3.8, 4) is 0 Å². The van der Waals surface area contributed by atoms with Crippen LogP contribution in [-0.2, 0) is 6.54 Å². The van der Waals surface area contributed by atoms with Gasteiger partial charge in [-0.05, 0) is 26.3 Å². The molecule has 1 aromatic carbocycles. The van der Waals surface area contributed by atoms with E-state index in [1.54, 1.807) is 0 Å². The molecule has 0 aliphatic carbocycles. The van der Waals surface area contributed by atoms with Crippen molar-refractivity contribution in [2.24, 2.45) is 0 Å². The number of halogens is 1. The van der Waals surface area contributed by atoms with Gasteiger partial charge in [0.05, 0.1) is 18.1 Å². The number of nitrogens with zero attached hydrogens (tertiary/aromatic N) is 2. The van der Waals surface area contributed by atoms with Gasteiger partial charge in [0.25, 0.3) is 0 Å². The number of aryl methyl sites for hydroxylation is 2. The zero-order valence-corrected chi connectivity index (χ0v) is 11.2. The second-order valence-corrected chi connectivity index (χ2v) is 5.24. The minimum absolute atomic E-state index is 0.0167. The lowest BCUT2D eigenvalue weighted by molar-refractivity contribution is 0.685. The van der Waals surface area contributed by atoms with Gasteiger partial charge >= 0.3 is 0 Å². The summed E-state index contributed by atoms with van der Waals surface area (Å²) in [6.07, 6.45) is 3.84. The quantitative estimate of drug-likeness (QED) is 0.755. The lowest BCUT2D eigenvalue weighted by Crippen LogP contribution is -2.00. The average Bonchev–Trinajstić information content (AvgIpc) is 2.64. The molecule has 0 saturated carbocycles. The molecule has 0 amide bonds. The normalized spacial score (nSPS) is 12.7. The van der Waals surface area contributed by atoms with Crippen molar-refractivity contribution in [1.29, 1.82) is 0 Å². The predicted octanol–water partition coefficient (Wildman–Crippen LogP) is 3.85. The summed E-state index contributed by atoms with van der Waals surface area (Å²) in [6, 6.07) is 6.57. The first-order valence-corrected chi connectivity index (χ1v) is 6.22. The summed E-state index contributed by atoms with van der Waals surface area (Å²) in [4.78, 5) is 0. The monoisotopic (exact) mass is 248 g/mol. The summed E-state index contributed by atoms with van der Waals surface area (Å²) >= 11 is 6.02. The largest absolute Gasteiger partial charge is 0.268 e. The summed E-state index contributed by atoms with van der Waals surface area (Å²) in [6.45, 7) is 6.99. The van der Waals surface area contributed by atoms with Gasteiger partial charge in [0.2, 0.25) is 0 Å². The van der Waals surface area contributed by atoms with Gasteiger partial charge in [0.15, 0.2) is 0 Å². The van der Waals surface area contributed by atoms with Crippen LogP contribution in [0.5, 0.6) is 0 Å². The Hall–Kier alpha value is -1.28. The second-order valence-electron chi connectivity index (χ2n) is 4.58. The fourth-order valence-electron chi connectivity index (χ4n) is 2.02.